The summed E-state index contributed by atoms with van der Waals surface area (Å²) in [6.45, 7) is 39.1. The molecule has 17 heteroatoms. The molecule has 2 aromatic heterocycles. The average Bonchev–Trinajstić information content (AvgIpc) is 3.09. The highest BCUT2D eigenvalue weighted by Crippen LogP contribution is 2.42. The van der Waals surface area contributed by atoms with Crippen LogP contribution in [0.5, 0.6) is 11.5 Å². The molecule has 2 atom stereocenters. The predicted molar refractivity (Wildman–Crippen MR) is 268 cm³/mol. The highest BCUT2D eigenvalue weighted by Gasteiger charge is 2.45. The van der Waals surface area contributed by atoms with Crippen LogP contribution >= 0.6 is 15.9 Å². The van der Waals surface area contributed by atoms with Gasteiger partial charge in [-0.25, -0.2) is 28.3 Å². The maximum atomic E-state index is 15.0. The molecule has 0 aliphatic rings. The van der Waals surface area contributed by atoms with Crippen molar-refractivity contribution in [3.63, 3.8) is 0 Å². The first-order valence-electron chi connectivity index (χ1n) is 21.5. The third-order valence-electron chi connectivity index (χ3n) is 10.4. The molecule has 65 heavy (non-hydrogen) atoms. The maximum absolute atomic E-state index is 15.0. The molecule has 0 saturated heterocycles. The third-order valence-corrected chi connectivity index (χ3v) is 20.1. The lowest BCUT2D eigenvalue weighted by Gasteiger charge is -2.43. The fourth-order valence-electron chi connectivity index (χ4n) is 4.85. The van der Waals surface area contributed by atoms with Gasteiger partial charge in [0.05, 0.1) is 49.2 Å². The Morgan fingerprint density at radius 3 is 1.40 bits per heavy atom. The summed E-state index contributed by atoms with van der Waals surface area (Å²) in [6, 6.07) is 3.21. The van der Waals surface area contributed by atoms with E-state index in [1.165, 1.54) is 26.6 Å². The second-order valence-corrected chi connectivity index (χ2v) is 31.8. The lowest BCUT2D eigenvalue weighted by molar-refractivity contribution is 0.0107. The molecular formula is C48H79BrF2N4O8Si2. The van der Waals surface area contributed by atoms with Crippen LogP contribution in [-0.2, 0) is 18.3 Å². The average molecular weight is 1010 g/mol. The summed E-state index contributed by atoms with van der Waals surface area (Å²) in [7, 11) is -1.09. The summed E-state index contributed by atoms with van der Waals surface area (Å²) in [4.78, 5) is 31.9. The molecular weight excluding hydrogens is 935 g/mol. The van der Waals surface area contributed by atoms with Crippen molar-refractivity contribution in [2.45, 2.75) is 195 Å². The van der Waals surface area contributed by atoms with Crippen LogP contribution in [-0.4, -0.2) is 87.8 Å². The van der Waals surface area contributed by atoms with E-state index in [2.05, 4.69) is 122 Å². The van der Waals surface area contributed by atoms with Crippen LogP contribution in [0.1, 0.15) is 129 Å². The van der Waals surface area contributed by atoms with E-state index < -0.39 is 63.6 Å². The van der Waals surface area contributed by atoms with Gasteiger partial charge in [-0.2, -0.15) is 0 Å². The SMILES string of the molecule is C#CCC(F)C(C)(C)O[Si](C)(C)C(C)(C)C.COc1cnc(Br)cc1NC(=O)OC(C)(C)C.COc1cnc(C#CCC(F)C(C)(C)O[Si](C)(C)C(C)(C)C)cc1NC(=O)OC(C)(C)C. The van der Waals surface area contributed by atoms with Crippen molar-refractivity contribution >= 4 is 56.1 Å². The van der Waals surface area contributed by atoms with Crippen molar-refractivity contribution < 1.29 is 46.2 Å². The number of rotatable bonds is 12. The van der Waals surface area contributed by atoms with Gasteiger partial charge in [0.25, 0.3) is 0 Å². The van der Waals surface area contributed by atoms with Gasteiger partial charge in [-0.15, -0.1) is 12.3 Å². The molecule has 0 aliphatic carbocycles. The Labute approximate surface area is 400 Å². The second-order valence-electron chi connectivity index (χ2n) is 21.5. The van der Waals surface area contributed by atoms with E-state index in [0.29, 0.717) is 33.2 Å². The van der Waals surface area contributed by atoms with Crippen LogP contribution in [0.15, 0.2) is 29.1 Å². The summed E-state index contributed by atoms with van der Waals surface area (Å²) in [5.74, 6) is 8.91. The van der Waals surface area contributed by atoms with Crippen LogP contribution in [0.4, 0.5) is 29.7 Å². The number of pyridine rings is 2. The molecule has 0 radical (unpaired) electrons. The number of anilines is 2. The summed E-state index contributed by atoms with van der Waals surface area (Å²) >= 11 is 3.22. The smallest absolute Gasteiger partial charge is 0.412 e. The highest BCUT2D eigenvalue weighted by atomic mass is 79.9. The Hall–Kier alpha value is -3.75. The van der Waals surface area contributed by atoms with Crippen LogP contribution in [0.3, 0.4) is 0 Å². The standard InChI is InChI=1S/C24H39FN2O4Si.C13H25FOSi.C11H15BrN2O3/c1-22(2,3)30-21(28)27-18-15-17(26-16-19(18)29-9)13-12-14-20(25)24(7,8)31-32(10,11)23(4,5)6;1-9-10-11(14)13(5,6)15-16(7,8)12(2,3)4;1-11(2,3)17-10(15)14-7-5-9(12)13-6-8(7)16-4/h15-16,20H,14H2,1-11H3,(H,26,27,28);1,11H,10H2,2-8H3;5-6H,1-4H3,(H,13,14,15). The molecule has 2 amide bonds. The van der Waals surface area contributed by atoms with Gasteiger partial charge in [0.1, 0.15) is 33.8 Å². The molecule has 0 saturated carbocycles. The maximum Gasteiger partial charge on any atom is 0.412 e. The van der Waals surface area contributed by atoms with E-state index >= 15 is 4.39 Å². The molecule has 2 aromatic rings. The van der Waals surface area contributed by atoms with E-state index in [1.54, 1.807) is 81.4 Å². The quantitative estimate of drug-likeness (QED) is 0.120. The number of nitrogens with one attached hydrogen (secondary N) is 2. The normalized spacial score (nSPS) is 13.4. The van der Waals surface area contributed by atoms with Gasteiger partial charge >= 0.3 is 12.2 Å². The first kappa shape index (κ1) is 61.3. The number of hydrogen-bond donors (Lipinski definition) is 2. The van der Waals surface area contributed by atoms with Crippen molar-refractivity contribution in [2.24, 2.45) is 0 Å². The molecule has 12 nitrogen and oxygen atoms in total. The molecule has 0 aromatic carbocycles. The van der Waals surface area contributed by atoms with Crippen molar-refractivity contribution in [3.8, 4) is 35.7 Å². The fourth-order valence-corrected chi connectivity index (χ4v) is 8.68. The number of alkyl halides is 2. The molecule has 0 aliphatic heterocycles. The van der Waals surface area contributed by atoms with E-state index in [-0.39, 0.29) is 22.9 Å². The largest absolute Gasteiger partial charge is 0.493 e. The molecule has 0 fully saturated rings. The minimum Gasteiger partial charge on any atom is -0.493 e. The van der Waals surface area contributed by atoms with Crippen molar-refractivity contribution in [2.75, 3.05) is 24.9 Å². The van der Waals surface area contributed by atoms with Crippen molar-refractivity contribution in [3.05, 3.63) is 34.8 Å². The lowest BCUT2D eigenvalue weighted by Crippen LogP contribution is -2.51. The second kappa shape index (κ2) is 24.3. The molecule has 0 bridgehead atoms. The van der Waals surface area contributed by atoms with E-state index in [9.17, 15) is 14.0 Å². The molecule has 2 N–H and O–H groups in total. The van der Waals surface area contributed by atoms with Gasteiger partial charge in [0, 0.05) is 12.8 Å². The van der Waals surface area contributed by atoms with Gasteiger partial charge in [-0.05, 0) is 139 Å². The molecule has 2 heterocycles. The summed E-state index contributed by atoms with van der Waals surface area (Å²) in [5.41, 5.74) is -1.66. The van der Waals surface area contributed by atoms with Crippen molar-refractivity contribution in [1.82, 2.24) is 9.97 Å². The molecule has 0 spiro atoms. The number of halogens is 3. The monoisotopic (exact) mass is 1010 g/mol. The number of nitrogens with zero attached hydrogens (tertiary/aromatic N) is 2. The Kier molecular flexibility index (Phi) is 22.9. The number of carbonyl (C=O) groups excluding carboxylic acids is 2. The fraction of sp³-hybridized carbons (Fsp3) is 0.667. The zero-order valence-electron chi connectivity index (χ0n) is 43.2. The Morgan fingerprint density at radius 2 is 1.05 bits per heavy atom. The summed E-state index contributed by atoms with van der Waals surface area (Å²) < 4.78 is 62.6. The van der Waals surface area contributed by atoms with E-state index in [1.807, 2.05) is 0 Å². The number of methoxy groups -OCH3 is 2. The van der Waals surface area contributed by atoms with Crippen LogP contribution in [0.2, 0.25) is 36.3 Å². The third kappa shape index (κ3) is 22.5. The van der Waals surface area contributed by atoms with Crippen molar-refractivity contribution in [1.29, 1.82) is 0 Å². The minimum absolute atomic E-state index is 0.00413. The van der Waals surface area contributed by atoms with Gasteiger partial charge < -0.3 is 27.8 Å². The van der Waals surface area contributed by atoms with Gasteiger partial charge in [-0.1, -0.05) is 47.5 Å². The summed E-state index contributed by atoms with van der Waals surface area (Å²) in [5, 5.41) is 5.31. The molecule has 2 unspecified atom stereocenters. The van der Waals surface area contributed by atoms with Crippen LogP contribution in [0.25, 0.3) is 0 Å². The Balaban J connectivity index is 0.00000104. The zero-order valence-corrected chi connectivity index (χ0v) is 46.8. The number of carbonyl (C=O) groups is 2. The first-order valence-corrected chi connectivity index (χ1v) is 28.1. The topological polar surface area (TPSA) is 139 Å². The van der Waals surface area contributed by atoms with Gasteiger partial charge in [0.2, 0.25) is 0 Å². The Bertz CT molecular complexity index is 1970. The number of aromatic nitrogens is 2. The van der Waals surface area contributed by atoms with Gasteiger partial charge in [0.15, 0.2) is 28.1 Å². The lowest BCUT2D eigenvalue weighted by atomic mass is 10.0. The van der Waals surface area contributed by atoms with E-state index in [4.69, 9.17) is 34.2 Å². The van der Waals surface area contributed by atoms with Crippen LogP contribution < -0.4 is 20.1 Å². The predicted octanol–water partition coefficient (Wildman–Crippen LogP) is 13.7. The number of hydrogen-bond acceptors (Lipinski definition) is 10. The molecule has 2 rings (SSSR count). The van der Waals surface area contributed by atoms with Crippen LogP contribution in [0, 0.1) is 24.2 Å². The number of amides is 2. The minimum atomic E-state index is -2.12. The zero-order chi connectivity index (χ0) is 51.2. The number of terminal acetylenes is 1. The first-order chi connectivity index (χ1) is 29.1. The van der Waals surface area contributed by atoms with Gasteiger partial charge in [-0.3, -0.25) is 10.6 Å². The summed E-state index contributed by atoms with van der Waals surface area (Å²) in [6.07, 6.45) is 4.70. The molecule has 368 valence electrons. The number of ether oxygens (including phenoxy) is 4. The van der Waals surface area contributed by atoms with E-state index in [0.717, 1.165) is 0 Å². The Morgan fingerprint density at radius 1 is 0.677 bits per heavy atom. The highest BCUT2D eigenvalue weighted by molar-refractivity contribution is 9.10.